The second-order valence-electron chi connectivity index (χ2n) is 5.63. The first-order chi connectivity index (χ1) is 11.1. The van der Waals surface area contributed by atoms with E-state index in [1.54, 1.807) is 12.4 Å². The third kappa shape index (κ3) is 4.28. The zero-order valence-corrected chi connectivity index (χ0v) is 14.6. The van der Waals surface area contributed by atoms with Crippen LogP contribution in [-0.2, 0) is 17.8 Å². The number of carbonyl (C=O) groups is 1. The summed E-state index contributed by atoms with van der Waals surface area (Å²) < 4.78 is 0.733. The van der Waals surface area contributed by atoms with E-state index in [9.17, 15) is 4.79 Å². The Balaban J connectivity index is 1.50. The van der Waals surface area contributed by atoms with Crippen molar-refractivity contribution in [2.75, 3.05) is 26.2 Å². The van der Waals surface area contributed by atoms with E-state index in [2.05, 4.69) is 14.9 Å². The summed E-state index contributed by atoms with van der Waals surface area (Å²) in [5.74, 6) is 0.179. The van der Waals surface area contributed by atoms with Crippen LogP contribution in [0.5, 0.6) is 0 Å². The van der Waals surface area contributed by atoms with Crippen molar-refractivity contribution in [3.63, 3.8) is 0 Å². The molecule has 7 heteroatoms. The van der Waals surface area contributed by atoms with Crippen LogP contribution < -0.4 is 0 Å². The minimum Gasteiger partial charge on any atom is -0.340 e. The molecule has 1 fully saturated rings. The van der Waals surface area contributed by atoms with E-state index in [1.165, 1.54) is 11.3 Å². The summed E-state index contributed by atoms with van der Waals surface area (Å²) in [5.41, 5.74) is 1.99. The maximum Gasteiger partial charge on any atom is 0.227 e. The van der Waals surface area contributed by atoms with E-state index in [1.807, 2.05) is 24.0 Å². The average molecular weight is 351 g/mol. The molecule has 0 radical (unpaired) electrons. The molecule has 0 aromatic carbocycles. The van der Waals surface area contributed by atoms with Crippen LogP contribution in [0.3, 0.4) is 0 Å². The van der Waals surface area contributed by atoms with E-state index in [-0.39, 0.29) is 5.91 Å². The minimum absolute atomic E-state index is 0.179. The Bertz CT molecular complexity index is 682. The van der Waals surface area contributed by atoms with Gasteiger partial charge in [0.1, 0.15) is 0 Å². The van der Waals surface area contributed by atoms with Gasteiger partial charge in [0.2, 0.25) is 5.91 Å². The lowest BCUT2D eigenvalue weighted by Gasteiger charge is -2.34. The Labute approximate surface area is 144 Å². The Morgan fingerprint density at radius 2 is 1.96 bits per heavy atom. The predicted molar refractivity (Wildman–Crippen MR) is 91.7 cm³/mol. The summed E-state index contributed by atoms with van der Waals surface area (Å²) in [6, 6.07) is 3.77. The Kier molecular flexibility index (Phi) is 5.25. The van der Waals surface area contributed by atoms with E-state index >= 15 is 0 Å². The van der Waals surface area contributed by atoms with Gasteiger partial charge in [-0.1, -0.05) is 11.6 Å². The van der Waals surface area contributed by atoms with Gasteiger partial charge in [-0.2, -0.15) is 0 Å². The van der Waals surface area contributed by atoms with Gasteiger partial charge in [-0.3, -0.25) is 19.7 Å². The van der Waals surface area contributed by atoms with Gasteiger partial charge in [-0.05, 0) is 19.1 Å². The summed E-state index contributed by atoms with van der Waals surface area (Å²) in [5, 5.41) is 0. The number of piperazine rings is 1. The number of thiophene rings is 1. The summed E-state index contributed by atoms with van der Waals surface area (Å²) in [4.78, 5) is 26.3. The number of hydrogen-bond donors (Lipinski definition) is 0. The lowest BCUT2D eigenvalue weighted by molar-refractivity contribution is -0.132. The molecule has 3 heterocycles. The second-order valence-corrected chi connectivity index (χ2v) is 7.43. The molecule has 5 nitrogen and oxygen atoms in total. The maximum atomic E-state index is 12.3. The van der Waals surface area contributed by atoms with Crippen molar-refractivity contribution < 1.29 is 4.79 Å². The lowest BCUT2D eigenvalue weighted by atomic mass is 10.2. The van der Waals surface area contributed by atoms with Crippen molar-refractivity contribution in [2.24, 2.45) is 0 Å². The molecule has 122 valence electrons. The number of aryl methyl sites for hydroxylation is 1. The highest BCUT2D eigenvalue weighted by atomic mass is 35.5. The molecule has 1 saturated heterocycles. The van der Waals surface area contributed by atoms with Crippen LogP contribution in [-0.4, -0.2) is 51.9 Å². The second kappa shape index (κ2) is 7.38. The number of halogens is 1. The van der Waals surface area contributed by atoms with Gasteiger partial charge in [0.25, 0.3) is 0 Å². The van der Waals surface area contributed by atoms with Crippen LogP contribution in [0.1, 0.15) is 16.3 Å². The van der Waals surface area contributed by atoms with Crippen molar-refractivity contribution >= 4 is 28.8 Å². The van der Waals surface area contributed by atoms with Gasteiger partial charge < -0.3 is 4.90 Å². The highest BCUT2D eigenvalue weighted by Gasteiger charge is 2.22. The quantitative estimate of drug-likeness (QED) is 0.849. The summed E-state index contributed by atoms with van der Waals surface area (Å²) in [6.07, 6.45) is 3.89. The normalized spacial score (nSPS) is 15.8. The fraction of sp³-hybridized carbons (Fsp3) is 0.438. The molecule has 1 aliphatic heterocycles. The molecule has 2 aromatic heterocycles. The van der Waals surface area contributed by atoms with Crippen molar-refractivity contribution in [1.29, 1.82) is 0 Å². The monoisotopic (exact) mass is 350 g/mol. The zero-order chi connectivity index (χ0) is 16.2. The number of rotatable bonds is 4. The predicted octanol–water partition coefficient (Wildman–Crippen LogP) is 2.39. The molecule has 0 N–H and O–H groups in total. The third-order valence-electron chi connectivity index (χ3n) is 4.04. The van der Waals surface area contributed by atoms with E-state index in [0.717, 1.165) is 53.3 Å². The van der Waals surface area contributed by atoms with Gasteiger partial charge in [0, 0.05) is 50.0 Å². The van der Waals surface area contributed by atoms with Gasteiger partial charge in [0.15, 0.2) is 0 Å². The van der Waals surface area contributed by atoms with Gasteiger partial charge in [-0.15, -0.1) is 11.3 Å². The first-order valence-corrected chi connectivity index (χ1v) is 8.82. The van der Waals surface area contributed by atoms with Crippen LogP contribution in [0.25, 0.3) is 0 Å². The van der Waals surface area contributed by atoms with Crippen LogP contribution >= 0.6 is 22.9 Å². The summed E-state index contributed by atoms with van der Waals surface area (Å²) in [7, 11) is 0. The Morgan fingerprint density at radius 1 is 1.22 bits per heavy atom. The third-order valence-corrected chi connectivity index (χ3v) is 5.27. The molecule has 0 aliphatic carbocycles. The number of hydrogen-bond acceptors (Lipinski definition) is 5. The first kappa shape index (κ1) is 16.4. The topological polar surface area (TPSA) is 49.3 Å². The minimum atomic E-state index is 0.179. The van der Waals surface area contributed by atoms with Crippen molar-refractivity contribution in [2.45, 2.75) is 19.9 Å². The first-order valence-electron chi connectivity index (χ1n) is 7.62. The lowest BCUT2D eigenvalue weighted by Crippen LogP contribution is -2.48. The van der Waals surface area contributed by atoms with Crippen LogP contribution in [0.4, 0.5) is 0 Å². The smallest absolute Gasteiger partial charge is 0.227 e. The largest absolute Gasteiger partial charge is 0.340 e. The number of amides is 1. The van der Waals surface area contributed by atoms with Crippen LogP contribution in [0.2, 0.25) is 4.34 Å². The zero-order valence-electron chi connectivity index (χ0n) is 13.0. The van der Waals surface area contributed by atoms with Crippen molar-refractivity contribution in [3.05, 3.63) is 45.1 Å². The molecule has 0 spiro atoms. The molecular formula is C16H19ClN4OS. The fourth-order valence-corrected chi connectivity index (χ4v) is 3.74. The Morgan fingerprint density at radius 3 is 2.61 bits per heavy atom. The maximum absolute atomic E-state index is 12.3. The molecule has 2 aromatic rings. The number of nitrogens with zero attached hydrogens (tertiary/aromatic N) is 4. The van der Waals surface area contributed by atoms with Gasteiger partial charge in [0.05, 0.1) is 22.1 Å². The fourth-order valence-electron chi connectivity index (χ4n) is 2.67. The highest BCUT2D eigenvalue weighted by Crippen LogP contribution is 2.22. The SMILES string of the molecule is Cc1nccnc1CN1CCN(C(=O)Cc2ccc(Cl)s2)CC1. The highest BCUT2D eigenvalue weighted by molar-refractivity contribution is 7.16. The molecule has 3 rings (SSSR count). The molecular weight excluding hydrogens is 332 g/mol. The molecule has 23 heavy (non-hydrogen) atoms. The molecule has 0 atom stereocenters. The molecule has 0 saturated carbocycles. The van der Waals surface area contributed by atoms with Crippen LogP contribution in [0.15, 0.2) is 24.5 Å². The number of carbonyl (C=O) groups excluding carboxylic acids is 1. The molecule has 1 amide bonds. The van der Waals surface area contributed by atoms with E-state index in [0.29, 0.717) is 6.42 Å². The van der Waals surface area contributed by atoms with E-state index in [4.69, 9.17) is 11.6 Å². The summed E-state index contributed by atoms with van der Waals surface area (Å²) >= 11 is 7.39. The van der Waals surface area contributed by atoms with Crippen molar-refractivity contribution in [1.82, 2.24) is 19.8 Å². The molecule has 0 unspecified atom stereocenters. The number of aromatic nitrogens is 2. The molecule has 0 bridgehead atoms. The van der Waals surface area contributed by atoms with Crippen molar-refractivity contribution in [3.8, 4) is 0 Å². The average Bonchev–Trinajstić information content (AvgIpc) is 2.95. The van der Waals surface area contributed by atoms with Gasteiger partial charge >= 0.3 is 0 Å². The molecule has 1 aliphatic rings. The Hall–Kier alpha value is -1.50. The van der Waals surface area contributed by atoms with Crippen LogP contribution in [0, 0.1) is 6.92 Å². The standard InChI is InChI=1S/C16H19ClN4OS/c1-12-14(19-5-4-18-12)11-20-6-8-21(9-7-20)16(22)10-13-2-3-15(17)23-13/h2-5H,6-11H2,1H3. The van der Waals surface area contributed by atoms with E-state index < -0.39 is 0 Å². The summed E-state index contributed by atoms with van der Waals surface area (Å²) in [6.45, 7) is 6.03. The van der Waals surface area contributed by atoms with Gasteiger partial charge in [-0.25, -0.2) is 0 Å².